The molecular weight excluding hydrogens is 475 g/mol. The van der Waals surface area contributed by atoms with Gasteiger partial charge in [-0.2, -0.15) is 0 Å². The number of amides is 2. The van der Waals surface area contributed by atoms with Gasteiger partial charge in [0.15, 0.2) is 0 Å². The van der Waals surface area contributed by atoms with E-state index in [1.165, 1.54) is 36.4 Å². The maximum Gasteiger partial charge on any atom is 0.374 e. The van der Waals surface area contributed by atoms with Crippen molar-refractivity contribution in [2.45, 2.75) is 26.5 Å². The highest BCUT2D eigenvalue weighted by Crippen LogP contribution is 2.29. The van der Waals surface area contributed by atoms with Crippen LogP contribution in [-0.2, 0) is 20.9 Å². The molecule has 2 amide bonds. The van der Waals surface area contributed by atoms with Crippen LogP contribution in [0.4, 0.5) is 9.18 Å². The zero-order chi connectivity index (χ0) is 25.7. The summed E-state index contributed by atoms with van der Waals surface area (Å²) in [4.78, 5) is 37.6. The Balaban J connectivity index is 1.46. The molecule has 0 aliphatic carbocycles. The van der Waals surface area contributed by atoms with E-state index in [-0.39, 0.29) is 36.1 Å². The number of hydrogen-bond acceptors (Lipinski definition) is 8. The Labute approximate surface area is 205 Å². The lowest BCUT2D eigenvalue weighted by Crippen LogP contribution is -2.47. The molecule has 2 N–H and O–H groups in total. The van der Waals surface area contributed by atoms with Gasteiger partial charge in [-0.15, -0.1) is 0 Å². The quantitative estimate of drug-likeness (QED) is 0.425. The van der Waals surface area contributed by atoms with Crippen molar-refractivity contribution in [3.63, 3.8) is 0 Å². The van der Waals surface area contributed by atoms with Crippen LogP contribution < -0.4 is 15.4 Å². The Hall–Kier alpha value is -4.54. The highest BCUT2D eigenvalue weighted by atomic mass is 19.1. The van der Waals surface area contributed by atoms with E-state index in [0.29, 0.717) is 23.0 Å². The van der Waals surface area contributed by atoms with E-state index in [1.807, 2.05) is 0 Å². The van der Waals surface area contributed by atoms with Gasteiger partial charge in [0.1, 0.15) is 48.1 Å². The summed E-state index contributed by atoms with van der Waals surface area (Å²) in [6.45, 7) is 3.04. The van der Waals surface area contributed by atoms with Crippen LogP contribution in [0.25, 0.3) is 0 Å². The maximum atomic E-state index is 13.0. The van der Waals surface area contributed by atoms with Crippen molar-refractivity contribution in [2.24, 2.45) is 0 Å². The fraction of sp³-hybridized carbons (Fsp3) is 0.240. The number of benzene rings is 1. The van der Waals surface area contributed by atoms with E-state index in [2.05, 4.69) is 10.6 Å². The Morgan fingerprint density at radius 2 is 1.75 bits per heavy atom. The van der Waals surface area contributed by atoms with Gasteiger partial charge in [-0.25, -0.2) is 18.8 Å². The van der Waals surface area contributed by atoms with Crippen molar-refractivity contribution in [3.8, 4) is 5.75 Å². The smallest absolute Gasteiger partial charge is 0.374 e. The maximum absolute atomic E-state index is 13.0. The van der Waals surface area contributed by atoms with Crippen molar-refractivity contribution >= 4 is 18.0 Å². The molecule has 3 aromatic rings. The van der Waals surface area contributed by atoms with E-state index in [1.54, 1.807) is 26.0 Å². The van der Waals surface area contributed by atoms with Crippen LogP contribution in [0.2, 0.25) is 0 Å². The molecule has 188 valence electrons. The van der Waals surface area contributed by atoms with Crippen LogP contribution in [0.5, 0.6) is 5.75 Å². The summed E-state index contributed by atoms with van der Waals surface area (Å²) in [7, 11) is 0. The largest absolute Gasteiger partial charge is 0.486 e. The number of rotatable bonds is 9. The van der Waals surface area contributed by atoms with Gasteiger partial charge >= 0.3 is 18.0 Å². The minimum absolute atomic E-state index is 0.00302. The van der Waals surface area contributed by atoms with Crippen LogP contribution in [0.3, 0.4) is 0 Å². The second-order valence-electron chi connectivity index (χ2n) is 7.68. The fourth-order valence-corrected chi connectivity index (χ4v) is 3.46. The molecule has 1 atom stereocenters. The minimum Gasteiger partial charge on any atom is -0.486 e. The molecule has 0 saturated carbocycles. The number of aryl methyl sites for hydroxylation is 1. The molecule has 1 aromatic carbocycles. The van der Waals surface area contributed by atoms with Crippen LogP contribution in [0, 0.1) is 12.7 Å². The number of ether oxygens (including phenoxy) is 3. The number of hydrogen-bond donors (Lipinski definition) is 2. The predicted molar refractivity (Wildman–Crippen MR) is 121 cm³/mol. The molecule has 36 heavy (non-hydrogen) atoms. The highest BCUT2D eigenvalue weighted by Gasteiger charge is 2.36. The first-order valence-electron chi connectivity index (χ1n) is 11.0. The Morgan fingerprint density at radius 3 is 2.44 bits per heavy atom. The zero-order valence-electron chi connectivity index (χ0n) is 19.5. The van der Waals surface area contributed by atoms with Gasteiger partial charge in [0.05, 0.1) is 17.9 Å². The first-order chi connectivity index (χ1) is 17.3. The molecule has 4 rings (SSSR count). The number of halogens is 1. The monoisotopic (exact) mass is 498 g/mol. The summed E-state index contributed by atoms with van der Waals surface area (Å²) >= 11 is 0. The predicted octanol–water partition coefficient (Wildman–Crippen LogP) is 3.93. The third kappa shape index (κ3) is 5.74. The third-order valence-electron chi connectivity index (χ3n) is 5.10. The number of esters is 2. The molecule has 2 aromatic heterocycles. The molecule has 0 saturated heterocycles. The lowest BCUT2D eigenvalue weighted by atomic mass is 10.0. The summed E-state index contributed by atoms with van der Waals surface area (Å²) in [5.41, 5.74) is 0.0995. The van der Waals surface area contributed by atoms with Crippen molar-refractivity contribution in [1.82, 2.24) is 10.6 Å². The first kappa shape index (κ1) is 24.6. The second-order valence-corrected chi connectivity index (χ2v) is 7.68. The average molecular weight is 498 g/mol. The fourth-order valence-electron chi connectivity index (χ4n) is 3.46. The van der Waals surface area contributed by atoms with Crippen LogP contribution in [0.1, 0.15) is 40.8 Å². The Kier molecular flexibility index (Phi) is 7.38. The summed E-state index contributed by atoms with van der Waals surface area (Å²) in [5, 5.41) is 5.12. The molecule has 1 aliphatic heterocycles. The lowest BCUT2D eigenvalue weighted by molar-refractivity contribution is -0.139. The van der Waals surface area contributed by atoms with Crippen LogP contribution in [0.15, 0.2) is 68.6 Å². The standard InChI is InChI=1S/C25H23FN2O8/c1-3-32-24(30)21-18(27-25(31)28-22(21)19-10-4-14(2)35-19)13-34-23(29)20-11-9-17(36-20)12-33-16-7-5-15(26)6-8-16/h4-11,22H,3,12-13H2,1-2H3,(H2,27,28,31). The topological polar surface area (TPSA) is 129 Å². The van der Waals surface area contributed by atoms with Crippen molar-refractivity contribution in [3.05, 3.63) is 88.7 Å². The molecule has 0 spiro atoms. The molecule has 1 unspecified atom stereocenters. The van der Waals surface area contributed by atoms with Crippen molar-refractivity contribution < 1.29 is 41.8 Å². The van der Waals surface area contributed by atoms with E-state index in [4.69, 9.17) is 23.0 Å². The van der Waals surface area contributed by atoms with Crippen LogP contribution in [-0.4, -0.2) is 31.2 Å². The average Bonchev–Trinajstić information content (AvgIpc) is 3.51. The summed E-state index contributed by atoms with van der Waals surface area (Å²) in [6.07, 6.45) is 0. The molecular formula is C25H23FN2O8. The summed E-state index contributed by atoms with van der Waals surface area (Å²) < 4.78 is 40.0. The lowest BCUT2D eigenvalue weighted by Gasteiger charge is -2.27. The SMILES string of the molecule is CCOC(=O)C1=C(COC(=O)c2ccc(COc3ccc(F)cc3)o2)NC(=O)NC1c1ccc(C)o1. The van der Waals surface area contributed by atoms with E-state index < -0.39 is 30.6 Å². The van der Waals surface area contributed by atoms with Crippen LogP contribution >= 0.6 is 0 Å². The molecule has 0 radical (unpaired) electrons. The molecule has 3 heterocycles. The number of carbonyl (C=O) groups excluding carboxylic acids is 3. The third-order valence-corrected chi connectivity index (χ3v) is 5.10. The van der Waals surface area contributed by atoms with Gasteiger partial charge in [-0.05, 0) is 62.4 Å². The van der Waals surface area contributed by atoms with Gasteiger partial charge in [0, 0.05) is 0 Å². The first-order valence-corrected chi connectivity index (χ1v) is 11.0. The Bertz CT molecular complexity index is 1290. The van der Waals surface area contributed by atoms with Gasteiger partial charge in [0.25, 0.3) is 0 Å². The second kappa shape index (κ2) is 10.8. The summed E-state index contributed by atoms with van der Waals surface area (Å²) in [6, 6.07) is 10.2. The highest BCUT2D eigenvalue weighted by molar-refractivity contribution is 5.95. The van der Waals surface area contributed by atoms with E-state index in [0.717, 1.165) is 0 Å². The molecule has 0 bridgehead atoms. The Morgan fingerprint density at radius 1 is 0.972 bits per heavy atom. The zero-order valence-corrected chi connectivity index (χ0v) is 19.5. The molecule has 11 heteroatoms. The van der Waals surface area contributed by atoms with Gasteiger partial charge in [-0.1, -0.05) is 0 Å². The number of nitrogens with one attached hydrogen (secondary N) is 2. The van der Waals surface area contributed by atoms with E-state index in [9.17, 15) is 18.8 Å². The summed E-state index contributed by atoms with van der Waals surface area (Å²) in [5.74, 6) is -0.339. The van der Waals surface area contributed by atoms with E-state index >= 15 is 0 Å². The normalized spacial score (nSPS) is 15.2. The number of urea groups is 1. The number of carbonyl (C=O) groups is 3. The van der Waals surface area contributed by atoms with Gasteiger partial charge < -0.3 is 33.7 Å². The van der Waals surface area contributed by atoms with Gasteiger partial charge in [-0.3, -0.25) is 0 Å². The molecule has 10 nitrogen and oxygen atoms in total. The van der Waals surface area contributed by atoms with Crippen molar-refractivity contribution in [2.75, 3.05) is 13.2 Å². The van der Waals surface area contributed by atoms with Crippen molar-refractivity contribution in [1.29, 1.82) is 0 Å². The minimum atomic E-state index is -0.931. The van der Waals surface area contributed by atoms with Gasteiger partial charge in [0.2, 0.25) is 5.76 Å². The molecule has 0 fully saturated rings. The molecule has 1 aliphatic rings. The number of furan rings is 2.